The van der Waals surface area contributed by atoms with Crippen molar-refractivity contribution in [1.29, 1.82) is 0 Å². The highest BCUT2D eigenvalue weighted by atomic mass is 16.3. The molecule has 0 aliphatic heterocycles. The van der Waals surface area contributed by atoms with Gasteiger partial charge in [0.25, 0.3) is 5.91 Å². The van der Waals surface area contributed by atoms with Crippen molar-refractivity contribution in [3.63, 3.8) is 0 Å². The Morgan fingerprint density at radius 1 is 1.47 bits per heavy atom. The lowest BCUT2D eigenvalue weighted by molar-refractivity contribution is 0.0735. The lowest BCUT2D eigenvalue weighted by Gasteiger charge is -2.25. The monoisotopic (exact) mass is 238 g/mol. The van der Waals surface area contributed by atoms with Crippen LogP contribution in [0.3, 0.4) is 0 Å². The Morgan fingerprint density at radius 3 is 2.71 bits per heavy atom. The number of para-hydroxylation sites is 1. The Balaban J connectivity index is 2.93. The number of amides is 1. The zero-order valence-electron chi connectivity index (χ0n) is 10.1. The van der Waals surface area contributed by atoms with E-state index in [0.717, 1.165) is 0 Å². The summed E-state index contributed by atoms with van der Waals surface area (Å²) in [7, 11) is 1.64. The van der Waals surface area contributed by atoms with E-state index >= 15 is 0 Å². The normalized spacial score (nSPS) is 12.2. The highest BCUT2D eigenvalue weighted by Crippen LogP contribution is 2.29. The number of benzene rings is 1. The van der Waals surface area contributed by atoms with Gasteiger partial charge in [0.05, 0.1) is 5.56 Å². The Hall–Kier alpha value is -1.75. The first kappa shape index (κ1) is 13.3. The van der Waals surface area contributed by atoms with E-state index in [9.17, 15) is 15.0 Å². The molecule has 0 aliphatic rings. The first-order valence-electron chi connectivity index (χ1n) is 5.47. The fourth-order valence-corrected chi connectivity index (χ4v) is 1.53. The molecule has 94 valence electrons. The summed E-state index contributed by atoms with van der Waals surface area (Å²) in [5, 5.41) is 18.9. The van der Waals surface area contributed by atoms with Gasteiger partial charge in [-0.25, -0.2) is 0 Å². The van der Waals surface area contributed by atoms with Crippen molar-refractivity contribution in [2.45, 2.75) is 19.4 Å². The average molecular weight is 238 g/mol. The van der Waals surface area contributed by atoms with Gasteiger partial charge in [0.2, 0.25) is 0 Å². The number of carbonyl (C=O) groups is 1. The number of phenolic OH excluding ortho intramolecular Hbond substituents is 2. The molecule has 1 atom stereocenters. The molecule has 0 saturated heterocycles. The number of phenols is 2. The summed E-state index contributed by atoms with van der Waals surface area (Å²) in [5.41, 5.74) is 5.53. The minimum atomic E-state index is -0.385. The van der Waals surface area contributed by atoms with Crippen molar-refractivity contribution in [2.75, 3.05) is 13.6 Å². The number of nitrogens with zero attached hydrogens (tertiary/aromatic N) is 1. The van der Waals surface area contributed by atoms with Crippen LogP contribution >= 0.6 is 0 Å². The van der Waals surface area contributed by atoms with Crippen LogP contribution in [-0.4, -0.2) is 40.7 Å². The zero-order valence-corrected chi connectivity index (χ0v) is 10.1. The van der Waals surface area contributed by atoms with Gasteiger partial charge < -0.3 is 20.8 Å². The quantitative estimate of drug-likeness (QED) is 0.680. The number of hydrogen-bond acceptors (Lipinski definition) is 4. The molecule has 1 rings (SSSR count). The summed E-state index contributed by atoms with van der Waals surface area (Å²) in [6.45, 7) is 2.37. The SMILES string of the molecule is CC(CCN)N(C)C(=O)c1cccc(O)c1O. The third kappa shape index (κ3) is 2.88. The summed E-state index contributed by atoms with van der Waals surface area (Å²) in [6, 6.07) is 4.30. The van der Waals surface area contributed by atoms with Crippen molar-refractivity contribution in [2.24, 2.45) is 5.73 Å². The van der Waals surface area contributed by atoms with Gasteiger partial charge in [0.15, 0.2) is 11.5 Å². The van der Waals surface area contributed by atoms with Gasteiger partial charge in [0, 0.05) is 13.1 Å². The molecule has 0 bridgehead atoms. The molecule has 1 aromatic rings. The first-order valence-corrected chi connectivity index (χ1v) is 5.47. The maximum Gasteiger partial charge on any atom is 0.257 e. The average Bonchev–Trinajstić information content (AvgIpc) is 2.31. The molecule has 4 N–H and O–H groups in total. The van der Waals surface area contributed by atoms with E-state index < -0.39 is 0 Å². The molecule has 0 heterocycles. The number of carbonyl (C=O) groups excluding carboxylic acids is 1. The van der Waals surface area contributed by atoms with Gasteiger partial charge in [-0.05, 0) is 32.0 Å². The summed E-state index contributed by atoms with van der Waals surface area (Å²) in [5.74, 6) is -1.01. The van der Waals surface area contributed by atoms with Crippen LogP contribution in [0.15, 0.2) is 18.2 Å². The molecule has 0 aliphatic carbocycles. The topological polar surface area (TPSA) is 86.8 Å². The van der Waals surface area contributed by atoms with Crippen LogP contribution in [0.25, 0.3) is 0 Å². The van der Waals surface area contributed by atoms with Gasteiger partial charge in [-0.1, -0.05) is 6.07 Å². The van der Waals surface area contributed by atoms with Crippen LogP contribution in [0.2, 0.25) is 0 Å². The molecule has 17 heavy (non-hydrogen) atoms. The summed E-state index contributed by atoms with van der Waals surface area (Å²) in [4.78, 5) is 13.5. The minimum Gasteiger partial charge on any atom is -0.504 e. The highest BCUT2D eigenvalue weighted by Gasteiger charge is 2.20. The molecule has 1 unspecified atom stereocenters. The third-order valence-electron chi connectivity index (χ3n) is 2.81. The summed E-state index contributed by atoms with van der Waals surface area (Å²) in [6.07, 6.45) is 0.682. The Kier molecular flexibility index (Phi) is 4.34. The van der Waals surface area contributed by atoms with E-state index in [4.69, 9.17) is 5.73 Å². The smallest absolute Gasteiger partial charge is 0.257 e. The second-order valence-electron chi connectivity index (χ2n) is 4.02. The van der Waals surface area contributed by atoms with E-state index in [2.05, 4.69) is 0 Å². The summed E-state index contributed by atoms with van der Waals surface area (Å²) >= 11 is 0. The van der Waals surface area contributed by atoms with E-state index in [-0.39, 0.29) is 29.0 Å². The molecule has 1 amide bonds. The molecule has 1 aromatic carbocycles. The van der Waals surface area contributed by atoms with Crippen LogP contribution in [0.5, 0.6) is 11.5 Å². The van der Waals surface area contributed by atoms with Crippen molar-refractivity contribution in [3.8, 4) is 11.5 Å². The number of aromatic hydroxyl groups is 2. The molecule has 0 radical (unpaired) electrons. The van der Waals surface area contributed by atoms with Gasteiger partial charge in [-0.15, -0.1) is 0 Å². The Morgan fingerprint density at radius 2 is 2.12 bits per heavy atom. The molecular weight excluding hydrogens is 220 g/mol. The van der Waals surface area contributed by atoms with Gasteiger partial charge in [-0.3, -0.25) is 4.79 Å². The Labute approximate surface area is 100 Å². The minimum absolute atomic E-state index is 0.0192. The lowest BCUT2D eigenvalue weighted by Crippen LogP contribution is -2.36. The second kappa shape index (κ2) is 5.54. The standard InChI is InChI=1S/C12H18N2O3/c1-8(6-7-13)14(2)12(17)9-4-3-5-10(15)11(9)16/h3-5,8,15-16H,6-7,13H2,1-2H3. The maximum absolute atomic E-state index is 12.0. The lowest BCUT2D eigenvalue weighted by atomic mass is 10.1. The van der Waals surface area contributed by atoms with Crippen LogP contribution in [0.4, 0.5) is 0 Å². The van der Waals surface area contributed by atoms with E-state index in [1.54, 1.807) is 7.05 Å². The first-order chi connectivity index (χ1) is 7.99. The van der Waals surface area contributed by atoms with Crippen LogP contribution in [0.1, 0.15) is 23.7 Å². The fourth-order valence-electron chi connectivity index (χ4n) is 1.53. The van der Waals surface area contributed by atoms with Gasteiger partial charge in [-0.2, -0.15) is 0 Å². The van der Waals surface area contributed by atoms with Crippen molar-refractivity contribution < 1.29 is 15.0 Å². The second-order valence-corrected chi connectivity index (χ2v) is 4.02. The predicted octanol–water partition coefficient (Wildman–Crippen LogP) is 0.907. The van der Waals surface area contributed by atoms with E-state index in [1.165, 1.54) is 23.1 Å². The van der Waals surface area contributed by atoms with Crippen molar-refractivity contribution in [1.82, 2.24) is 4.90 Å². The van der Waals surface area contributed by atoms with E-state index in [0.29, 0.717) is 13.0 Å². The number of hydrogen-bond donors (Lipinski definition) is 3. The highest BCUT2D eigenvalue weighted by molar-refractivity contribution is 5.97. The molecule has 0 fully saturated rings. The van der Waals surface area contributed by atoms with E-state index in [1.807, 2.05) is 6.92 Å². The molecule has 5 nitrogen and oxygen atoms in total. The van der Waals surface area contributed by atoms with Gasteiger partial charge >= 0.3 is 0 Å². The van der Waals surface area contributed by atoms with Crippen molar-refractivity contribution >= 4 is 5.91 Å². The largest absolute Gasteiger partial charge is 0.504 e. The maximum atomic E-state index is 12.0. The predicted molar refractivity (Wildman–Crippen MR) is 65.0 cm³/mol. The fraction of sp³-hybridized carbons (Fsp3) is 0.417. The van der Waals surface area contributed by atoms with Crippen molar-refractivity contribution in [3.05, 3.63) is 23.8 Å². The molecule has 5 heteroatoms. The molecule has 0 spiro atoms. The number of rotatable bonds is 4. The van der Waals surface area contributed by atoms with Crippen LogP contribution in [0, 0.1) is 0 Å². The molecule has 0 aromatic heterocycles. The molecular formula is C12H18N2O3. The third-order valence-corrected chi connectivity index (χ3v) is 2.81. The number of nitrogens with two attached hydrogens (primary N) is 1. The molecule has 0 saturated carbocycles. The van der Waals surface area contributed by atoms with Crippen LogP contribution < -0.4 is 5.73 Å². The van der Waals surface area contributed by atoms with Gasteiger partial charge in [0.1, 0.15) is 0 Å². The zero-order chi connectivity index (χ0) is 13.0. The Bertz CT molecular complexity index is 407. The van der Waals surface area contributed by atoms with Crippen LogP contribution in [-0.2, 0) is 0 Å². The summed E-state index contributed by atoms with van der Waals surface area (Å²) < 4.78 is 0.